The van der Waals surface area contributed by atoms with Crippen LogP contribution >= 0.6 is 11.8 Å². The Morgan fingerprint density at radius 3 is 2.21 bits per heavy atom. The van der Waals surface area contributed by atoms with Crippen LogP contribution in [0.5, 0.6) is 5.75 Å². The molecule has 2 aliphatic heterocycles. The summed E-state index contributed by atoms with van der Waals surface area (Å²) < 4.78 is 42.7. The number of esters is 4. The minimum absolute atomic E-state index is 0.0379. The van der Waals surface area contributed by atoms with E-state index in [2.05, 4.69) is 25.2 Å². The molecule has 0 bridgehead atoms. The van der Waals surface area contributed by atoms with Crippen LogP contribution in [0.2, 0.25) is 0 Å². The highest BCUT2D eigenvalue weighted by atomic mass is 32.2. The largest absolute Gasteiger partial charge is 0.507 e. The van der Waals surface area contributed by atoms with Crippen molar-refractivity contribution >= 4 is 35.6 Å². The molecule has 0 saturated carbocycles. The number of ether oxygens (including phenoxy) is 5. The Morgan fingerprint density at radius 1 is 0.952 bits per heavy atom. The quantitative estimate of drug-likeness (QED) is 0.341. The lowest BCUT2D eigenvalue weighted by molar-refractivity contribution is -0.254. The average Bonchev–Trinajstić information content (AvgIpc) is 3.22. The minimum Gasteiger partial charge on any atom is -0.507 e. The van der Waals surface area contributed by atoms with E-state index in [4.69, 9.17) is 23.7 Å². The molecule has 1 aromatic carbocycles. The summed E-state index contributed by atoms with van der Waals surface area (Å²) in [6.45, 7) is 6.20. The van der Waals surface area contributed by atoms with Crippen molar-refractivity contribution in [2.24, 2.45) is 5.92 Å². The molecule has 2 heterocycles. The zero-order valence-corrected chi connectivity index (χ0v) is 24.6. The summed E-state index contributed by atoms with van der Waals surface area (Å²) in [6, 6.07) is 2.34. The summed E-state index contributed by atoms with van der Waals surface area (Å²) in [5, 5.41) is 10.9. The third-order valence-corrected chi connectivity index (χ3v) is 8.48. The number of benzene rings is 1. The van der Waals surface area contributed by atoms with Gasteiger partial charge in [0.1, 0.15) is 30.4 Å². The number of halogens is 1. The zero-order valence-electron chi connectivity index (χ0n) is 23.8. The molecule has 1 aliphatic carbocycles. The van der Waals surface area contributed by atoms with Crippen molar-refractivity contribution in [1.82, 2.24) is 0 Å². The molecule has 42 heavy (non-hydrogen) atoms. The van der Waals surface area contributed by atoms with Gasteiger partial charge < -0.3 is 28.8 Å². The number of hydrogen-bond donors (Lipinski definition) is 1. The fourth-order valence-corrected chi connectivity index (χ4v) is 6.76. The Morgan fingerprint density at radius 2 is 1.60 bits per heavy atom. The van der Waals surface area contributed by atoms with Crippen LogP contribution in [0.25, 0.3) is 0 Å². The minimum atomic E-state index is -1.43. The van der Waals surface area contributed by atoms with Crippen molar-refractivity contribution in [1.29, 1.82) is 0 Å². The van der Waals surface area contributed by atoms with Gasteiger partial charge in [0.05, 0.1) is 0 Å². The fraction of sp³-hybridized carbons (Fsp3) is 0.467. The molecule has 10 nitrogen and oxygen atoms in total. The highest BCUT2D eigenvalue weighted by Gasteiger charge is 2.53. The molecule has 226 valence electrons. The van der Waals surface area contributed by atoms with Crippen LogP contribution in [0, 0.1) is 11.7 Å². The number of phenols is 1. The van der Waals surface area contributed by atoms with E-state index in [1.165, 1.54) is 13.0 Å². The number of hydrogen-bond acceptors (Lipinski definition) is 11. The molecule has 1 fully saturated rings. The van der Waals surface area contributed by atoms with E-state index >= 15 is 4.39 Å². The third kappa shape index (κ3) is 7.04. The molecule has 1 aromatic rings. The normalized spacial score (nSPS) is 29.7. The second-order valence-corrected chi connectivity index (χ2v) is 12.1. The standard InChI is InChI=1S/C30H33FO10S/c1-15(32)37-14-25-27(38-16(2)33)29(40-18(4)35)28(39-17(3)34)26(41-25)22-11-19(23(31)13-24(22)36)10-21-12-20-8-6-7-9-30(20,5)42-21/h6-9,11-13,20,25-29,36H,10,14H2,1-5H3/t20?,25?,26-,27+,28-,29?,30?/m0/s1. The third-order valence-electron chi connectivity index (χ3n) is 7.09. The number of carbonyl (C=O) groups excluding carboxylic acids is 4. The van der Waals surface area contributed by atoms with Crippen LogP contribution in [0.1, 0.15) is 51.8 Å². The van der Waals surface area contributed by atoms with Gasteiger partial charge in [0.25, 0.3) is 0 Å². The number of rotatable bonds is 8. The van der Waals surface area contributed by atoms with Crippen molar-refractivity contribution in [3.63, 3.8) is 0 Å². The number of thioether (sulfide) groups is 1. The van der Waals surface area contributed by atoms with Gasteiger partial charge in [0, 0.05) is 56.4 Å². The molecule has 4 unspecified atom stereocenters. The van der Waals surface area contributed by atoms with Crippen molar-refractivity contribution in [3.05, 3.63) is 64.4 Å². The first-order valence-corrected chi connectivity index (χ1v) is 14.2. The lowest BCUT2D eigenvalue weighted by Gasteiger charge is -2.44. The number of allylic oxidation sites excluding steroid dienone is 5. The lowest BCUT2D eigenvalue weighted by Crippen LogP contribution is -2.59. The van der Waals surface area contributed by atoms with E-state index < -0.39 is 72.6 Å². The highest BCUT2D eigenvalue weighted by molar-refractivity contribution is 8.04. The molecule has 12 heteroatoms. The molecular weight excluding hydrogens is 571 g/mol. The van der Waals surface area contributed by atoms with Crippen molar-refractivity contribution in [3.8, 4) is 5.75 Å². The maximum absolute atomic E-state index is 15.2. The summed E-state index contributed by atoms with van der Waals surface area (Å²) in [5.74, 6) is -4.00. The van der Waals surface area contributed by atoms with Crippen LogP contribution in [-0.4, -0.2) is 64.8 Å². The monoisotopic (exact) mass is 604 g/mol. The van der Waals surface area contributed by atoms with Gasteiger partial charge in [0.2, 0.25) is 0 Å². The van der Waals surface area contributed by atoms with Gasteiger partial charge in [-0.1, -0.05) is 30.4 Å². The van der Waals surface area contributed by atoms with Crippen molar-refractivity contribution < 1.29 is 52.4 Å². The van der Waals surface area contributed by atoms with Crippen molar-refractivity contribution in [2.75, 3.05) is 6.61 Å². The second-order valence-electron chi connectivity index (χ2n) is 10.5. The predicted molar refractivity (Wildman–Crippen MR) is 149 cm³/mol. The predicted octanol–water partition coefficient (Wildman–Crippen LogP) is 4.00. The maximum Gasteiger partial charge on any atom is 0.303 e. The molecule has 1 N–H and O–H groups in total. The molecule has 3 aliphatic rings. The Labute approximate surface area is 246 Å². The Kier molecular flexibility index (Phi) is 9.47. The van der Waals surface area contributed by atoms with E-state index in [1.807, 2.05) is 12.2 Å². The van der Waals surface area contributed by atoms with Crippen molar-refractivity contribution in [2.45, 2.75) is 76.3 Å². The van der Waals surface area contributed by atoms with E-state index in [0.29, 0.717) is 0 Å². The molecule has 0 amide bonds. The van der Waals surface area contributed by atoms with E-state index in [9.17, 15) is 24.3 Å². The SMILES string of the molecule is CC(=O)OCC1O[C@@H](c2cc(CC3=CC4C=CC=CC4(C)S3)c(F)cc2O)[C@H](OC(C)=O)C(OC(C)=O)[C@@H]1OC(C)=O. The number of fused-ring (bicyclic) bond motifs is 1. The summed E-state index contributed by atoms with van der Waals surface area (Å²) >= 11 is 1.62. The average molecular weight is 605 g/mol. The van der Waals surface area contributed by atoms with Gasteiger partial charge in [-0.05, 0) is 23.5 Å². The summed E-state index contributed by atoms with van der Waals surface area (Å²) in [6.07, 6.45) is 3.68. The molecule has 1 saturated heterocycles. The van der Waals surface area contributed by atoms with E-state index in [0.717, 1.165) is 31.7 Å². The summed E-state index contributed by atoms with van der Waals surface area (Å²) in [4.78, 5) is 48.9. The molecular formula is C30H33FO10S. The number of phenolic OH excluding ortho intramolecular Hbond substituents is 1. The van der Waals surface area contributed by atoms with Gasteiger partial charge >= 0.3 is 23.9 Å². The Balaban J connectivity index is 1.75. The molecule has 4 rings (SSSR count). The number of aromatic hydroxyl groups is 1. The van der Waals surface area contributed by atoms with Gasteiger partial charge in [0.15, 0.2) is 18.3 Å². The Hall–Kier alpha value is -3.64. The molecule has 7 atom stereocenters. The van der Waals surface area contributed by atoms with E-state index in [-0.39, 0.29) is 28.2 Å². The topological polar surface area (TPSA) is 135 Å². The maximum atomic E-state index is 15.2. The summed E-state index contributed by atoms with van der Waals surface area (Å²) in [5.41, 5.74) is 0.278. The van der Waals surface area contributed by atoms with Crippen LogP contribution in [0.3, 0.4) is 0 Å². The van der Waals surface area contributed by atoms with Gasteiger partial charge in [-0.15, -0.1) is 11.8 Å². The first kappa shape index (κ1) is 31.3. The molecule has 0 radical (unpaired) electrons. The van der Waals surface area contributed by atoms with Crippen LogP contribution in [0.4, 0.5) is 4.39 Å². The smallest absolute Gasteiger partial charge is 0.303 e. The van der Waals surface area contributed by atoms with Gasteiger partial charge in [-0.3, -0.25) is 19.2 Å². The zero-order chi connectivity index (χ0) is 30.8. The van der Waals surface area contributed by atoms with Gasteiger partial charge in [-0.2, -0.15) is 0 Å². The second kappa shape index (κ2) is 12.7. The van der Waals surface area contributed by atoms with Crippen LogP contribution < -0.4 is 0 Å². The molecule has 0 spiro atoms. The number of carbonyl (C=O) groups is 4. The summed E-state index contributed by atoms with van der Waals surface area (Å²) in [7, 11) is 0. The highest BCUT2D eigenvalue weighted by Crippen LogP contribution is 2.50. The van der Waals surface area contributed by atoms with Gasteiger partial charge in [-0.25, -0.2) is 4.39 Å². The molecule has 0 aromatic heterocycles. The fourth-order valence-electron chi connectivity index (χ4n) is 5.32. The Bertz CT molecular complexity index is 1350. The lowest BCUT2D eigenvalue weighted by atomic mass is 9.88. The van der Waals surface area contributed by atoms with Crippen LogP contribution in [0.15, 0.2) is 47.4 Å². The van der Waals surface area contributed by atoms with E-state index in [1.54, 1.807) is 11.8 Å². The first-order chi connectivity index (χ1) is 19.8. The van der Waals surface area contributed by atoms with Crippen LogP contribution in [-0.2, 0) is 49.3 Å². The first-order valence-electron chi connectivity index (χ1n) is 13.3.